The molecule has 1 aromatic carbocycles. The minimum atomic E-state index is -0.442. The number of rotatable bonds is 4. The number of primary amides is 1. The van der Waals surface area contributed by atoms with Crippen molar-refractivity contribution >= 4 is 29.1 Å². The first-order valence-electron chi connectivity index (χ1n) is 10.9. The smallest absolute Gasteiger partial charge is 0.229 e. The standard InChI is InChI=1S/C23H34N4O3/c1-23(2,3)22(30)27-12-6-7-17(15-27)21(29)25-18-8-4-5-9-19(18)26-13-10-16(11-14-26)20(24)28/h4-5,8-9,16-17H,6-7,10-15H2,1-3H3,(H2,24,28)(H,25,29). The summed E-state index contributed by atoms with van der Waals surface area (Å²) in [6.45, 7) is 8.39. The molecular weight excluding hydrogens is 380 g/mol. The number of para-hydroxylation sites is 2. The van der Waals surface area contributed by atoms with Crippen LogP contribution in [0, 0.1) is 17.3 Å². The summed E-state index contributed by atoms with van der Waals surface area (Å²) >= 11 is 0. The third-order valence-corrected chi connectivity index (χ3v) is 6.12. The number of carbonyl (C=O) groups is 3. The minimum absolute atomic E-state index is 0.0409. The molecule has 1 unspecified atom stereocenters. The molecule has 0 aromatic heterocycles. The number of piperidine rings is 2. The highest BCUT2D eigenvalue weighted by molar-refractivity contribution is 5.96. The first-order chi connectivity index (χ1) is 14.2. The van der Waals surface area contributed by atoms with Gasteiger partial charge in [0.15, 0.2) is 0 Å². The van der Waals surface area contributed by atoms with Crippen LogP contribution in [0.2, 0.25) is 0 Å². The quantitative estimate of drug-likeness (QED) is 0.792. The van der Waals surface area contributed by atoms with Gasteiger partial charge in [-0.05, 0) is 37.8 Å². The molecule has 164 valence electrons. The van der Waals surface area contributed by atoms with E-state index in [1.807, 2.05) is 49.9 Å². The lowest BCUT2D eigenvalue weighted by molar-refractivity contribution is -0.142. The largest absolute Gasteiger partial charge is 0.370 e. The highest BCUT2D eigenvalue weighted by Gasteiger charge is 2.34. The highest BCUT2D eigenvalue weighted by atomic mass is 16.2. The van der Waals surface area contributed by atoms with Crippen LogP contribution >= 0.6 is 0 Å². The number of likely N-dealkylation sites (tertiary alicyclic amines) is 1. The van der Waals surface area contributed by atoms with Crippen molar-refractivity contribution in [1.29, 1.82) is 0 Å². The fourth-order valence-corrected chi connectivity index (χ4v) is 4.34. The molecule has 3 rings (SSSR count). The van der Waals surface area contributed by atoms with Gasteiger partial charge in [0.25, 0.3) is 0 Å². The lowest BCUT2D eigenvalue weighted by atomic mass is 9.91. The van der Waals surface area contributed by atoms with E-state index in [-0.39, 0.29) is 29.6 Å². The molecule has 0 saturated carbocycles. The molecule has 0 radical (unpaired) electrons. The molecule has 2 heterocycles. The number of nitrogens with two attached hydrogens (primary N) is 1. The van der Waals surface area contributed by atoms with Crippen LogP contribution in [0.5, 0.6) is 0 Å². The van der Waals surface area contributed by atoms with Crippen LogP contribution in [-0.4, -0.2) is 48.8 Å². The SMILES string of the molecule is CC(C)(C)C(=O)N1CCCC(C(=O)Nc2ccccc2N2CCC(C(N)=O)CC2)C1. The van der Waals surface area contributed by atoms with Crippen LogP contribution < -0.4 is 16.0 Å². The van der Waals surface area contributed by atoms with Gasteiger partial charge in [-0.1, -0.05) is 32.9 Å². The Bertz CT molecular complexity index is 794. The van der Waals surface area contributed by atoms with Gasteiger partial charge in [-0.2, -0.15) is 0 Å². The molecule has 1 atom stereocenters. The second kappa shape index (κ2) is 9.06. The molecule has 0 bridgehead atoms. The number of hydrogen-bond acceptors (Lipinski definition) is 4. The van der Waals surface area contributed by atoms with E-state index in [2.05, 4.69) is 10.2 Å². The summed E-state index contributed by atoms with van der Waals surface area (Å²) < 4.78 is 0. The molecule has 30 heavy (non-hydrogen) atoms. The monoisotopic (exact) mass is 414 g/mol. The zero-order valence-corrected chi connectivity index (χ0v) is 18.3. The van der Waals surface area contributed by atoms with Gasteiger partial charge in [0.2, 0.25) is 17.7 Å². The molecule has 0 spiro atoms. The Labute approximate surface area is 179 Å². The maximum Gasteiger partial charge on any atom is 0.229 e. The van der Waals surface area contributed by atoms with E-state index in [9.17, 15) is 14.4 Å². The van der Waals surface area contributed by atoms with Gasteiger partial charge in [0.05, 0.1) is 17.3 Å². The van der Waals surface area contributed by atoms with Crippen LogP contribution in [0.25, 0.3) is 0 Å². The Morgan fingerprint density at radius 2 is 1.67 bits per heavy atom. The van der Waals surface area contributed by atoms with Crippen molar-refractivity contribution in [2.24, 2.45) is 23.0 Å². The number of hydrogen-bond donors (Lipinski definition) is 2. The molecule has 2 aliphatic rings. The lowest BCUT2D eigenvalue weighted by Crippen LogP contribution is -2.47. The van der Waals surface area contributed by atoms with Crippen LogP contribution in [0.4, 0.5) is 11.4 Å². The maximum absolute atomic E-state index is 13.0. The van der Waals surface area contributed by atoms with Gasteiger partial charge in [-0.3, -0.25) is 14.4 Å². The van der Waals surface area contributed by atoms with Crippen molar-refractivity contribution in [3.8, 4) is 0 Å². The maximum atomic E-state index is 13.0. The first kappa shape index (κ1) is 22.1. The van der Waals surface area contributed by atoms with E-state index in [4.69, 9.17) is 5.73 Å². The fraction of sp³-hybridized carbons (Fsp3) is 0.609. The predicted molar refractivity (Wildman–Crippen MR) is 118 cm³/mol. The van der Waals surface area contributed by atoms with E-state index >= 15 is 0 Å². The average molecular weight is 415 g/mol. The number of nitrogens with one attached hydrogen (secondary N) is 1. The number of benzene rings is 1. The van der Waals surface area contributed by atoms with Gasteiger partial charge >= 0.3 is 0 Å². The Balaban J connectivity index is 1.66. The zero-order valence-electron chi connectivity index (χ0n) is 18.3. The second-order valence-corrected chi connectivity index (χ2v) is 9.51. The van der Waals surface area contributed by atoms with Crippen LogP contribution in [0.3, 0.4) is 0 Å². The summed E-state index contributed by atoms with van der Waals surface area (Å²) in [7, 11) is 0. The lowest BCUT2D eigenvalue weighted by Gasteiger charge is -2.36. The van der Waals surface area contributed by atoms with Crippen molar-refractivity contribution in [2.45, 2.75) is 46.5 Å². The second-order valence-electron chi connectivity index (χ2n) is 9.51. The highest BCUT2D eigenvalue weighted by Crippen LogP contribution is 2.31. The van der Waals surface area contributed by atoms with Gasteiger partial charge in [-0.25, -0.2) is 0 Å². The zero-order chi connectivity index (χ0) is 21.9. The molecular formula is C23H34N4O3. The predicted octanol–water partition coefficient (Wildman–Crippen LogP) is 2.61. The molecule has 0 aliphatic carbocycles. The Hall–Kier alpha value is -2.57. The normalized spacial score (nSPS) is 20.7. The Morgan fingerprint density at radius 1 is 1.00 bits per heavy atom. The van der Waals surface area contributed by atoms with Gasteiger partial charge in [0.1, 0.15) is 0 Å². The first-order valence-corrected chi connectivity index (χ1v) is 10.9. The number of anilines is 2. The summed E-state index contributed by atoms with van der Waals surface area (Å²) in [4.78, 5) is 41.1. The third kappa shape index (κ3) is 5.12. The molecule has 7 heteroatoms. The van der Waals surface area contributed by atoms with E-state index in [0.717, 1.165) is 50.1 Å². The molecule has 2 saturated heterocycles. The van der Waals surface area contributed by atoms with Crippen molar-refractivity contribution < 1.29 is 14.4 Å². The number of nitrogens with zero attached hydrogens (tertiary/aromatic N) is 2. The van der Waals surface area contributed by atoms with Gasteiger partial charge in [0, 0.05) is 37.5 Å². The van der Waals surface area contributed by atoms with Crippen molar-refractivity contribution in [3.05, 3.63) is 24.3 Å². The van der Waals surface area contributed by atoms with Crippen LogP contribution in [0.15, 0.2) is 24.3 Å². The minimum Gasteiger partial charge on any atom is -0.370 e. The molecule has 2 aliphatic heterocycles. The van der Waals surface area contributed by atoms with Crippen molar-refractivity contribution in [3.63, 3.8) is 0 Å². The summed E-state index contributed by atoms with van der Waals surface area (Å²) in [5.74, 6) is -0.461. The molecule has 3 N–H and O–H groups in total. The third-order valence-electron chi connectivity index (χ3n) is 6.12. The summed E-state index contributed by atoms with van der Waals surface area (Å²) in [5, 5.41) is 3.10. The summed E-state index contributed by atoms with van der Waals surface area (Å²) in [6.07, 6.45) is 3.07. The van der Waals surface area contributed by atoms with E-state index in [0.29, 0.717) is 13.1 Å². The van der Waals surface area contributed by atoms with Crippen molar-refractivity contribution in [1.82, 2.24) is 4.90 Å². The topological polar surface area (TPSA) is 95.7 Å². The molecule has 2 fully saturated rings. The van der Waals surface area contributed by atoms with Gasteiger partial charge < -0.3 is 20.9 Å². The Morgan fingerprint density at radius 3 is 2.30 bits per heavy atom. The van der Waals surface area contributed by atoms with E-state index in [1.54, 1.807) is 0 Å². The molecule has 1 aromatic rings. The van der Waals surface area contributed by atoms with Crippen LogP contribution in [0.1, 0.15) is 46.5 Å². The van der Waals surface area contributed by atoms with Gasteiger partial charge in [-0.15, -0.1) is 0 Å². The van der Waals surface area contributed by atoms with Crippen molar-refractivity contribution in [2.75, 3.05) is 36.4 Å². The summed E-state index contributed by atoms with van der Waals surface area (Å²) in [6, 6.07) is 7.77. The van der Waals surface area contributed by atoms with E-state index < -0.39 is 5.41 Å². The van der Waals surface area contributed by atoms with E-state index in [1.165, 1.54) is 0 Å². The Kier molecular flexibility index (Phi) is 6.68. The number of carbonyl (C=O) groups excluding carboxylic acids is 3. The van der Waals surface area contributed by atoms with Crippen LogP contribution in [-0.2, 0) is 14.4 Å². The summed E-state index contributed by atoms with van der Waals surface area (Å²) in [5.41, 5.74) is 6.75. The number of amides is 3. The molecule has 3 amide bonds. The molecule has 7 nitrogen and oxygen atoms in total. The average Bonchev–Trinajstić information content (AvgIpc) is 2.73. The fourth-order valence-electron chi connectivity index (χ4n) is 4.34.